The van der Waals surface area contributed by atoms with Crippen LogP contribution in [-0.2, 0) is 20.9 Å². The molecule has 6 N–H and O–H groups in total. The summed E-state index contributed by atoms with van der Waals surface area (Å²) in [6.45, 7) is 1.99. The number of fused-ring (bicyclic) bond motifs is 2. The Labute approximate surface area is 221 Å². The molecule has 0 bridgehead atoms. The van der Waals surface area contributed by atoms with Gasteiger partial charge in [-0.2, -0.15) is 0 Å². The van der Waals surface area contributed by atoms with Crippen molar-refractivity contribution in [2.24, 2.45) is 0 Å². The van der Waals surface area contributed by atoms with Gasteiger partial charge in [0.1, 0.15) is 24.1 Å². The highest BCUT2D eigenvalue weighted by molar-refractivity contribution is 6.02. The van der Waals surface area contributed by atoms with Gasteiger partial charge < -0.3 is 36.2 Å². The molecule has 0 radical (unpaired) electrons. The molecule has 0 unspecified atom stereocenters. The molecule has 2 aromatic heterocycles. The first-order valence-electron chi connectivity index (χ1n) is 12.5. The van der Waals surface area contributed by atoms with E-state index >= 15 is 0 Å². The molecule has 0 saturated carbocycles. The number of piperazine rings is 1. The average Bonchev–Trinajstić information content (AvgIpc) is 3.61. The number of aliphatic hydroxyl groups is 2. The maximum Gasteiger partial charge on any atom is 0.254 e. The van der Waals surface area contributed by atoms with E-state index in [0.29, 0.717) is 55.1 Å². The number of aromatic nitrogens is 4. The van der Waals surface area contributed by atoms with Crippen LogP contribution in [0.5, 0.6) is 0 Å². The number of carbonyl (C=O) groups excluding carboxylic acids is 3. The van der Waals surface area contributed by atoms with E-state index in [0.717, 1.165) is 5.56 Å². The van der Waals surface area contributed by atoms with Crippen LogP contribution in [0.1, 0.15) is 22.1 Å². The van der Waals surface area contributed by atoms with Gasteiger partial charge in [0.25, 0.3) is 11.8 Å². The number of hydrogen-bond acceptors (Lipinski definition) is 11. The third-order valence-electron chi connectivity index (χ3n) is 7.31. The van der Waals surface area contributed by atoms with E-state index in [-0.39, 0.29) is 24.2 Å². The number of amides is 3. The SMILES string of the molecule is Nc1ncnc2c1ncn2[C@@H]1O[C@H](C(=O)N2CCN(CC(=O)Nc3cccc4c3CNC4=O)CC2)[C@H](O)[C@@H]1O. The summed E-state index contributed by atoms with van der Waals surface area (Å²) in [6.07, 6.45) is -2.62. The van der Waals surface area contributed by atoms with Crippen molar-refractivity contribution < 1.29 is 29.3 Å². The van der Waals surface area contributed by atoms with Crippen LogP contribution in [0.15, 0.2) is 30.9 Å². The number of hydrogen-bond donors (Lipinski definition) is 5. The highest BCUT2D eigenvalue weighted by Crippen LogP contribution is 2.33. The van der Waals surface area contributed by atoms with Crippen molar-refractivity contribution in [3.05, 3.63) is 42.0 Å². The number of nitrogens with one attached hydrogen (secondary N) is 2. The Balaban J connectivity index is 1.05. The summed E-state index contributed by atoms with van der Waals surface area (Å²) in [6, 6.07) is 5.21. The second-order valence-corrected chi connectivity index (χ2v) is 9.68. The summed E-state index contributed by atoms with van der Waals surface area (Å²) < 4.78 is 7.23. The summed E-state index contributed by atoms with van der Waals surface area (Å²) in [5, 5.41) is 26.9. The number of ether oxygens (including phenoxy) is 1. The van der Waals surface area contributed by atoms with Crippen LogP contribution in [0.4, 0.5) is 11.5 Å². The normalized spacial score (nSPS) is 25.1. The first-order chi connectivity index (χ1) is 18.8. The van der Waals surface area contributed by atoms with E-state index in [1.54, 1.807) is 23.1 Å². The minimum Gasteiger partial charge on any atom is -0.387 e. The van der Waals surface area contributed by atoms with E-state index in [1.807, 2.05) is 4.90 Å². The summed E-state index contributed by atoms with van der Waals surface area (Å²) in [4.78, 5) is 53.4. The highest BCUT2D eigenvalue weighted by Gasteiger charge is 2.49. The molecule has 2 fully saturated rings. The number of carbonyl (C=O) groups is 3. The van der Waals surface area contributed by atoms with Crippen LogP contribution in [0.3, 0.4) is 0 Å². The third-order valence-corrected chi connectivity index (χ3v) is 7.31. The van der Waals surface area contributed by atoms with Crippen LogP contribution < -0.4 is 16.4 Å². The second-order valence-electron chi connectivity index (χ2n) is 9.68. The number of nitrogens with two attached hydrogens (primary N) is 1. The maximum atomic E-state index is 13.2. The zero-order chi connectivity index (χ0) is 27.3. The quantitative estimate of drug-likeness (QED) is 0.242. The molecule has 3 aliphatic rings. The summed E-state index contributed by atoms with van der Waals surface area (Å²) in [5.41, 5.74) is 8.38. The van der Waals surface area contributed by atoms with Crippen molar-refractivity contribution in [3.8, 4) is 0 Å². The summed E-state index contributed by atoms with van der Waals surface area (Å²) in [7, 11) is 0. The smallest absolute Gasteiger partial charge is 0.254 e. The van der Waals surface area contributed by atoms with E-state index in [2.05, 4.69) is 25.6 Å². The fraction of sp³-hybridized carbons (Fsp3) is 0.417. The van der Waals surface area contributed by atoms with Crippen LogP contribution in [0, 0.1) is 0 Å². The Morgan fingerprint density at radius 3 is 2.72 bits per heavy atom. The molecule has 1 aromatic carbocycles. The number of anilines is 2. The molecule has 204 valence electrons. The maximum absolute atomic E-state index is 13.2. The topological polar surface area (TPSA) is 201 Å². The van der Waals surface area contributed by atoms with Crippen molar-refractivity contribution in [3.63, 3.8) is 0 Å². The molecule has 3 aromatic rings. The zero-order valence-electron chi connectivity index (χ0n) is 20.7. The van der Waals surface area contributed by atoms with Gasteiger partial charge in [-0.05, 0) is 12.1 Å². The lowest BCUT2D eigenvalue weighted by Crippen LogP contribution is -2.54. The van der Waals surface area contributed by atoms with Crippen molar-refractivity contribution >= 4 is 40.4 Å². The largest absolute Gasteiger partial charge is 0.387 e. The summed E-state index contributed by atoms with van der Waals surface area (Å²) in [5.74, 6) is -0.677. The van der Waals surface area contributed by atoms with Gasteiger partial charge in [0.05, 0.1) is 12.9 Å². The molecule has 39 heavy (non-hydrogen) atoms. The Kier molecular flexibility index (Phi) is 6.34. The van der Waals surface area contributed by atoms with Crippen molar-refractivity contribution in [1.82, 2.24) is 34.6 Å². The lowest BCUT2D eigenvalue weighted by Gasteiger charge is -2.35. The lowest BCUT2D eigenvalue weighted by molar-refractivity contribution is -0.150. The molecule has 2 saturated heterocycles. The predicted octanol–water partition coefficient (Wildman–Crippen LogP) is -1.95. The van der Waals surface area contributed by atoms with Gasteiger partial charge >= 0.3 is 0 Å². The molecular weight excluding hydrogens is 510 g/mol. The van der Waals surface area contributed by atoms with Gasteiger partial charge in [-0.25, -0.2) is 15.0 Å². The highest BCUT2D eigenvalue weighted by atomic mass is 16.6. The van der Waals surface area contributed by atoms with E-state index in [1.165, 1.54) is 17.2 Å². The predicted molar refractivity (Wildman–Crippen MR) is 135 cm³/mol. The number of rotatable bonds is 5. The van der Waals surface area contributed by atoms with Gasteiger partial charge in [-0.3, -0.25) is 23.9 Å². The Morgan fingerprint density at radius 1 is 1.13 bits per heavy atom. The van der Waals surface area contributed by atoms with Crippen LogP contribution in [0.25, 0.3) is 11.2 Å². The number of aliphatic hydroxyl groups excluding tert-OH is 2. The molecule has 0 spiro atoms. The molecule has 3 aliphatic heterocycles. The van der Waals surface area contributed by atoms with Crippen LogP contribution >= 0.6 is 0 Å². The van der Waals surface area contributed by atoms with Gasteiger partial charge in [0, 0.05) is 49.5 Å². The van der Waals surface area contributed by atoms with Crippen molar-refractivity contribution in [2.45, 2.75) is 31.1 Å². The molecule has 4 atom stereocenters. The second kappa shape index (κ2) is 9.85. The van der Waals surface area contributed by atoms with Crippen molar-refractivity contribution in [1.29, 1.82) is 0 Å². The number of benzene rings is 1. The average molecular weight is 538 g/mol. The standard InChI is InChI=1S/C24H27N9O6/c25-20-16-21(28-10-27-20)33(11-29-16)24-18(36)17(35)19(39-24)23(38)32-6-4-31(5-7-32)9-15(34)30-14-3-1-2-12-13(14)8-26-22(12)37/h1-3,10-11,17-19,24,35-36H,4-9H2,(H,26,37)(H,30,34)(H2,25,27,28)/t17-,18+,19+,24-/m1/s1. The van der Waals surface area contributed by atoms with E-state index in [4.69, 9.17) is 10.5 Å². The minimum atomic E-state index is -1.46. The number of nitrogens with zero attached hydrogens (tertiary/aromatic N) is 6. The van der Waals surface area contributed by atoms with Crippen molar-refractivity contribution in [2.75, 3.05) is 43.8 Å². The Morgan fingerprint density at radius 2 is 1.92 bits per heavy atom. The first kappa shape index (κ1) is 25.1. The Hall–Kier alpha value is -4.18. The number of imidazole rings is 1. The van der Waals surface area contributed by atoms with Gasteiger partial charge in [-0.1, -0.05) is 6.07 Å². The molecular formula is C24H27N9O6. The van der Waals surface area contributed by atoms with E-state index < -0.39 is 30.4 Å². The Bertz CT molecular complexity index is 1450. The molecule has 5 heterocycles. The summed E-state index contributed by atoms with van der Waals surface area (Å²) >= 11 is 0. The van der Waals surface area contributed by atoms with Gasteiger partial charge in [0.2, 0.25) is 5.91 Å². The van der Waals surface area contributed by atoms with E-state index in [9.17, 15) is 24.6 Å². The minimum absolute atomic E-state index is 0.120. The monoisotopic (exact) mass is 537 g/mol. The molecule has 15 heteroatoms. The first-order valence-corrected chi connectivity index (χ1v) is 12.5. The van der Waals surface area contributed by atoms with Gasteiger partial charge in [0.15, 0.2) is 23.8 Å². The third kappa shape index (κ3) is 4.44. The lowest BCUT2D eigenvalue weighted by atomic mass is 10.1. The number of nitrogen functional groups attached to an aromatic ring is 1. The fourth-order valence-corrected chi connectivity index (χ4v) is 5.22. The molecule has 0 aliphatic carbocycles. The van der Waals surface area contributed by atoms with Crippen LogP contribution in [0.2, 0.25) is 0 Å². The zero-order valence-corrected chi connectivity index (χ0v) is 20.7. The van der Waals surface area contributed by atoms with Gasteiger partial charge in [-0.15, -0.1) is 0 Å². The van der Waals surface area contributed by atoms with Crippen LogP contribution in [-0.4, -0.2) is 108 Å². The molecule has 6 rings (SSSR count). The molecule has 15 nitrogen and oxygen atoms in total. The fourth-order valence-electron chi connectivity index (χ4n) is 5.22. The molecule has 3 amide bonds.